The first-order valence-corrected chi connectivity index (χ1v) is 9.15. The Morgan fingerprint density at radius 3 is 2.32 bits per heavy atom. The van der Waals surface area contributed by atoms with Crippen molar-refractivity contribution in [1.29, 1.82) is 0 Å². The van der Waals surface area contributed by atoms with E-state index < -0.39 is 0 Å². The Hall–Kier alpha value is -3.44. The van der Waals surface area contributed by atoms with E-state index in [4.69, 9.17) is 11.6 Å². The van der Waals surface area contributed by atoms with Crippen molar-refractivity contribution >= 4 is 23.2 Å². The number of rotatable bonds is 4. The van der Waals surface area contributed by atoms with E-state index in [0.717, 1.165) is 16.8 Å². The van der Waals surface area contributed by atoms with Crippen LogP contribution < -0.4 is 5.32 Å². The zero-order valence-corrected chi connectivity index (χ0v) is 15.9. The largest absolute Gasteiger partial charge is 0.319 e. The molecule has 0 saturated heterocycles. The van der Waals surface area contributed by atoms with Gasteiger partial charge in [-0.25, -0.2) is 9.67 Å². The molecular formula is C22H17ClN4O. The van der Waals surface area contributed by atoms with Crippen LogP contribution >= 0.6 is 11.6 Å². The second kappa shape index (κ2) is 7.66. The lowest BCUT2D eigenvalue weighted by Crippen LogP contribution is -2.14. The fourth-order valence-electron chi connectivity index (χ4n) is 2.87. The van der Waals surface area contributed by atoms with Crippen molar-refractivity contribution in [3.63, 3.8) is 0 Å². The molecule has 4 rings (SSSR count). The first-order chi connectivity index (χ1) is 13.6. The number of nitrogens with one attached hydrogen (secondary N) is 1. The molecule has 0 spiro atoms. The highest BCUT2D eigenvalue weighted by Gasteiger charge is 2.19. The van der Waals surface area contributed by atoms with Crippen molar-refractivity contribution in [1.82, 2.24) is 14.8 Å². The van der Waals surface area contributed by atoms with Crippen molar-refractivity contribution in [2.45, 2.75) is 6.92 Å². The Morgan fingerprint density at radius 2 is 1.61 bits per heavy atom. The molecule has 1 N–H and O–H groups in total. The van der Waals surface area contributed by atoms with E-state index in [2.05, 4.69) is 15.4 Å². The van der Waals surface area contributed by atoms with Crippen molar-refractivity contribution in [2.75, 3.05) is 5.32 Å². The molecule has 0 radical (unpaired) electrons. The predicted octanol–water partition coefficient (Wildman–Crippen LogP) is 5.15. The highest BCUT2D eigenvalue weighted by atomic mass is 35.5. The molecule has 0 fully saturated rings. The normalized spacial score (nSPS) is 10.6. The highest BCUT2D eigenvalue weighted by Crippen LogP contribution is 2.23. The number of carbonyl (C=O) groups excluding carboxylic acids is 1. The van der Waals surface area contributed by atoms with Gasteiger partial charge >= 0.3 is 0 Å². The summed E-state index contributed by atoms with van der Waals surface area (Å²) < 4.78 is 1.71. The maximum atomic E-state index is 12.7. The van der Waals surface area contributed by atoms with Crippen LogP contribution in [0.1, 0.15) is 16.2 Å². The van der Waals surface area contributed by atoms with Gasteiger partial charge in [-0.05, 0) is 42.8 Å². The minimum atomic E-state index is -0.383. The van der Waals surface area contributed by atoms with Gasteiger partial charge in [0.1, 0.15) is 0 Å². The van der Waals surface area contributed by atoms with Gasteiger partial charge in [-0.1, -0.05) is 60.1 Å². The number of benzene rings is 3. The van der Waals surface area contributed by atoms with Gasteiger partial charge in [0.25, 0.3) is 5.91 Å². The van der Waals surface area contributed by atoms with Gasteiger partial charge in [-0.3, -0.25) is 4.79 Å². The van der Waals surface area contributed by atoms with Gasteiger partial charge in [-0.15, -0.1) is 5.10 Å². The van der Waals surface area contributed by atoms with Crippen LogP contribution in [0.4, 0.5) is 5.69 Å². The summed E-state index contributed by atoms with van der Waals surface area (Å²) in [5.41, 5.74) is 3.42. The number of para-hydroxylation sites is 1. The number of halogens is 1. The smallest absolute Gasteiger partial charge is 0.295 e. The fraction of sp³-hybridized carbons (Fsp3) is 0.0455. The van der Waals surface area contributed by atoms with Crippen LogP contribution in [-0.4, -0.2) is 20.7 Å². The van der Waals surface area contributed by atoms with Gasteiger partial charge < -0.3 is 5.32 Å². The summed E-state index contributed by atoms with van der Waals surface area (Å²) in [4.78, 5) is 17.3. The lowest BCUT2D eigenvalue weighted by atomic mass is 10.2. The average Bonchev–Trinajstić information content (AvgIpc) is 3.16. The van der Waals surface area contributed by atoms with Crippen LogP contribution in [0.3, 0.4) is 0 Å². The zero-order valence-electron chi connectivity index (χ0n) is 15.1. The molecule has 6 heteroatoms. The third-order valence-corrected chi connectivity index (χ3v) is 4.54. The van der Waals surface area contributed by atoms with Crippen LogP contribution in [0.25, 0.3) is 17.1 Å². The minimum absolute atomic E-state index is 0.0945. The highest BCUT2D eigenvalue weighted by molar-refractivity contribution is 6.30. The summed E-state index contributed by atoms with van der Waals surface area (Å²) >= 11 is 5.90. The minimum Gasteiger partial charge on any atom is -0.319 e. The summed E-state index contributed by atoms with van der Waals surface area (Å²) in [6.07, 6.45) is 0. The molecule has 5 nitrogen and oxygen atoms in total. The molecule has 1 aromatic heterocycles. The molecule has 0 aliphatic carbocycles. The SMILES string of the molecule is Cc1ccccc1-n1nc(C(=O)Nc2ccc(Cl)cc2)nc1-c1ccccc1. The third kappa shape index (κ3) is 3.66. The Morgan fingerprint density at radius 1 is 0.929 bits per heavy atom. The van der Waals surface area contributed by atoms with Crippen LogP contribution in [0.5, 0.6) is 0 Å². The first kappa shape index (κ1) is 17.9. The van der Waals surface area contributed by atoms with E-state index in [1.54, 1.807) is 28.9 Å². The van der Waals surface area contributed by atoms with Crippen LogP contribution in [0.15, 0.2) is 78.9 Å². The number of hydrogen-bond donors (Lipinski definition) is 1. The van der Waals surface area contributed by atoms with Crippen molar-refractivity contribution < 1.29 is 4.79 Å². The van der Waals surface area contributed by atoms with Gasteiger partial charge in [0, 0.05) is 16.3 Å². The Labute approximate surface area is 167 Å². The van der Waals surface area contributed by atoms with Gasteiger partial charge in [0.15, 0.2) is 5.82 Å². The standard InChI is InChI=1S/C22H17ClN4O/c1-15-7-5-6-10-19(15)27-21(16-8-3-2-4-9-16)25-20(26-27)22(28)24-18-13-11-17(23)12-14-18/h2-14H,1H3,(H,24,28). The third-order valence-electron chi connectivity index (χ3n) is 4.29. The molecule has 28 heavy (non-hydrogen) atoms. The summed E-state index contributed by atoms with van der Waals surface area (Å²) in [6, 6.07) is 24.4. The molecule has 0 saturated carbocycles. The molecule has 4 aromatic rings. The molecule has 3 aromatic carbocycles. The number of amides is 1. The van der Waals surface area contributed by atoms with Crippen LogP contribution in [0, 0.1) is 6.92 Å². The number of hydrogen-bond acceptors (Lipinski definition) is 3. The maximum Gasteiger partial charge on any atom is 0.295 e. The molecule has 0 aliphatic heterocycles. The number of aromatic nitrogens is 3. The molecule has 1 heterocycles. The van der Waals surface area contributed by atoms with E-state index in [9.17, 15) is 4.79 Å². The predicted molar refractivity (Wildman–Crippen MR) is 111 cm³/mol. The van der Waals surface area contributed by atoms with E-state index in [1.165, 1.54) is 0 Å². The average molecular weight is 389 g/mol. The van der Waals surface area contributed by atoms with E-state index in [1.807, 2.05) is 61.5 Å². The number of aryl methyl sites for hydroxylation is 1. The van der Waals surface area contributed by atoms with Crippen molar-refractivity contribution in [3.05, 3.63) is 95.3 Å². The van der Waals surface area contributed by atoms with Crippen molar-refractivity contribution in [3.8, 4) is 17.1 Å². The van der Waals surface area contributed by atoms with Crippen molar-refractivity contribution in [2.24, 2.45) is 0 Å². The molecule has 1 amide bonds. The first-order valence-electron chi connectivity index (χ1n) is 8.77. The van der Waals surface area contributed by atoms with E-state index in [0.29, 0.717) is 16.5 Å². The Balaban J connectivity index is 1.76. The molecule has 0 aliphatic rings. The second-order valence-electron chi connectivity index (χ2n) is 6.28. The van der Waals surface area contributed by atoms with E-state index >= 15 is 0 Å². The second-order valence-corrected chi connectivity index (χ2v) is 6.72. The zero-order chi connectivity index (χ0) is 19.5. The van der Waals surface area contributed by atoms with Crippen LogP contribution in [0.2, 0.25) is 5.02 Å². The summed E-state index contributed by atoms with van der Waals surface area (Å²) in [5.74, 6) is 0.319. The molecule has 0 atom stereocenters. The molecular weight excluding hydrogens is 372 g/mol. The molecule has 138 valence electrons. The van der Waals surface area contributed by atoms with Crippen LogP contribution in [-0.2, 0) is 0 Å². The number of nitrogens with zero attached hydrogens (tertiary/aromatic N) is 3. The Kier molecular flexibility index (Phi) is 4.91. The van der Waals surface area contributed by atoms with Gasteiger partial charge in [0.05, 0.1) is 5.69 Å². The quantitative estimate of drug-likeness (QED) is 0.526. The maximum absolute atomic E-state index is 12.7. The fourth-order valence-corrected chi connectivity index (χ4v) is 3.00. The summed E-state index contributed by atoms with van der Waals surface area (Å²) in [7, 11) is 0. The number of anilines is 1. The summed E-state index contributed by atoms with van der Waals surface area (Å²) in [6.45, 7) is 2.00. The summed E-state index contributed by atoms with van der Waals surface area (Å²) in [5, 5.41) is 7.91. The Bertz CT molecular complexity index is 1120. The monoisotopic (exact) mass is 388 g/mol. The lowest BCUT2D eigenvalue weighted by Gasteiger charge is -2.08. The van der Waals surface area contributed by atoms with E-state index in [-0.39, 0.29) is 11.7 Å². The van der Waals surface area contributed by atoms with Gasteiger partial charge in [-0.2, -0.15) is 0 Å². The molecule has 0 bridgehead atoms. The van der Waals surface area contributed by atoms with Gasteiger partial charge in [0.2, 0.25) is 5.82 Å². The topological polar surface area (TPSA) is 59.8 Å². The molecule has 0 unspecified atom stereocenters. The lowest BCUT2D eigenvalue weighted by molar-refractivity contribution is 0.101. The number of carbonyl (C=O) groups is 1.